The van der Waals surface area contributed by atoms with Crippen molar-refractivity contribution >= 4 is 40.2 Å². The Morgan fingerprint density at radius 2 is 1.91 bits per heavy atom. The summed E-state index contributed by atoms with van der Waals surface area (Å²) in [6.45, 7) is 7.67. The Balaban J connectivity index is 0.000000926. The first-order valence-corrected chi connectivity index (χ1v) is 12.9. The number of benzene rings is 2. The van der Waals surface area contributed by atoms with Crippen LogP contribution in [0.2, 0.25) is 0 Å². The van der Waals surface area contributed by atoms with Gasteiger partial charge in [-0.05, 0) is 43.2 Å². The highest BCUT2D eigenvalue weighted by Crippen LogP contribution is 2.34. The van der Waals surface area contributed by atoms with Crippen LogP contribution in [-0.4, -0.2) is 46.6 Å². The number of carboxylic acids is 1. The Labute approximate surface area is 211 Å². The number of aryl methyl sites for hydroxylation is 1. The van der Waals surface area contributed by atoms with E-state index in [0.29, 0.717) is 17.2 Å². The van der Waals surface area contributed by atoms with Crippen molar-refractivity contribution in [2.24, 2.45) is 4.99 Å². The fourth-order valence-electron chi connectivity index (χ4n) is 2.77. The van der Waals surface area contributed by atoms with Gasteiger partial charge in [-0.1, -0.05) is 32.0 Å². The summed E-state index contributed by atoms with van der Waals surface area (Å²) in [4.78, 5) is 14.1. The molecule has 2 aromatic rings. The molecule has 0 radical (unpaired) electrons. The number of alkyl halides is 3. The molecular formula is C24H30F4N2O3S2. The van der Waals surface area contributed by atoms with Crippen LogP contribution in [-0.2, 0) is 4.79 Å². The Morgan fingerprint density at radius 1 is 1.26 bits per heavy atom. The molecule has 11 heteroatoms. The minimum Gasteiger partial charge on any atom is -0.481 e. The van der Waals surface area contributed by atoms with Gasteiger partial charge in [0.05, 0.1) is 16.0 Å². The minimum absolute atomic E-state index is 0.138. The second-order valence-corrected chi connectivity index (χ2v) is 9.08. The number of hydrogen-bond donors (Lipinski definition) is 2. The van der Waals surface area contributed by atoms with E-state index in [4.69, 9.17) is 9.90 Å². The first-order valence-electron chi connectivity index (χ1n) is 10.9. The molecule has 0 aromatic heterocycles. The number of carbonyl (C=O) groups is 1. The standard InChI is InChI=1S/C20H20F4N2OS2.C2H4O2.C2H6/c1-13-6-7-14(21)10-16(13)25-9-8-15-11-29-19(26-15)12-28-18-5-3-2-4-17(18)27-20(22,23)24;1-2(3)4;1-2/h2-7,10,15,25H,8-9,11-12H2,1H3;1H3,(H,3,4);1-2H3. The molecule has 2 N–H and O–H groups in total. The molecule has 0 fully saturated rings. The number of halogens is 4. The van der Waals surface area contributed by atoms with E-state index >= 15 is 0 Å². The molecule has 5 nitrogen and oxygen atoms in total. The van der Waals surface area contributed by atoms with E-state index < -0.39 is 12.3 Å². The van der Waals surface area contributed by atoms with Gasteiger partial charge in [0.1, 0.15) is 11.6 Å². The van der Waals surface area contributed by atoms with E-state index in [0.717, 1.165) is 35.4 Å². The van der Waals surface area contributed by atoms with E-state index in [-0.39, 0.29) is 17.6 Å². The van der Waals surface area contributed by atoms with E-state index in [9.17, 15) is 17.6 Å². The first kappa shape index (κ1) is 30.6. The Morgan fingerprint density at radius 3 is 2.57 bits per heavy atom. The molecule has 1 aliphatic heterocycles. The quantitative estimate of drug-likeness (QED) is 0.274. The summed E-state index contributed by atoms with van der Waals surface area (Å²) < 4.78 is 55.0. The summed E-state index contributed by atoms with van der Waals surface area (Å²) >= 11 is 2.90. The molecule has 1 unspecified atom stereocenters. The summed E-state index contributed by atoms with van der Waals surface area (Å²) in [7, 11) is 0. The number of anilines is 1. The van der Waals surface area contributed by atoms with Crippen LogP contribution >= 0.6 is 23.5 Å². The average Bonchev–Trinajstić information content (AvgIpc) is 3.23. The van der Waals surface area contributed by atoms with Crippen molar-refractivity contribution in [3.8, 4) is 5.75 Å². The zero-order chi connectivity index (χ0) is 26.4. The number of hydrogen-bond acceptors (Lipinski definition) is 6. The number of ether oxygens (including phenoxy) is 1. The fraction of sp³-hybridized carbons (Fsp3) is 0.417. The maximum atomic E-state index is 13.3. The van der Waals surface area contributed by atoms with Gasteiger partial charge in [-0.3, -0.25) is 9.79 Å². The molecule has 0 bridgehead atoms. The normalized spacial score (nSPS) is 14.6. The number of nitrogens with one attached hydrogen (secondary N) is 1. The van der Waals surface area contributed by atoms with Gasteiger partial charge in [-0.2, -0.15) is 0 Å². The van der Waals surface area contributed by atoms with Crippen LogP contribution in [0.15, 0.2) is 52.4 Å². The van der Waals surface area contributed by atoms with Gasteiger partial charge in [0, 0.05) is 30.7 Å². The monoisotopic (exact) mass is 534 g/mol. The molecule has 0 amide bonds. The molecule has 3 rings (SSSR count). The zero-order valence-corrected chi connectivity index (χ0v) is 21.6. The molecule has 194 valence electrons. The van der Waals surface area contributed by atoms with Crippen molar-refractivity contribution in [3.63, 3.8) is 0 Å². The lowest BCUT2D eigenvalue weighted by Gasteiger charge is -2.12. The Kier molecular flexibility index (Phi) is 13.6. The first-order chi connectivity index (χ1) is 16.5. The number of nitrogens with zero attached hydrogens (tertiary/aromatic N) is 1. The highest BCUT2D eigenvalue weighted by atomic mass is 32.2. The highest BCUT2D eigenvalue weighted by molar-refractivity contribution is 8.16. The van der Waals surface area contributed by atoms with Gasteiger partial charge < -0.3 is 15.2 Å². The predicted molar refractivity (Wildman–Crippen MR) is 136 cm³/mol. The summed E-state index contributed by atoms with van der Waals surface area (Å²) in [6, 6.07) is 10.9. The van der Waals surface area contributed by atoms with Gasteiger partial charge >= 0.3 is 6.36 Å². The molecule has 0 saturated heterocycles. The average molecular weight is 535 g/mol. The summed E-state index contributed by atoms with van der Waals surface area (Å²) in [5.41, 5.74) is 1.75. The fourth-order valence-corrected chi connectivity index (χ4v) is 4.91. The minimum atomic E-state index is -4.71. The van der Waals surface area contributed by atoms with Crippen LogP contribution < -0.4 is 10.1 Å². The van der Waals surface area contributed by atoms with E-state index in [1.54, 1.807) is 30.0 Å². The van der Waals surface area contributed by atoms with Crippen molar-refractivity contribution < 1.29 is 32.2 Å². The van der Waals surface area contributed by atoms with Gasteiger partial charge in [-0.15, -0.1) is 36.7 Å². The Hall–Kier alpha value is -2.40. The van der Waals surface area contributed by atoms with Gasteiger partial charge in [0.15, 0.2) is 0 Å². The number of carboxylic acid groups (broad SMARTS) is 1. The SMILES string of the molecule is CC.CC(=O)O.Cc1ccc(F)cc1NCCC1CSC(CSc2ccccc2OC(F)(F)F)=N1. The van der Waals surface area contributed by atoms with Crippen molar-refractivity contribution in [2.75, 3.05) is 23.4 Å². The smallest absolute Gasteiger partial charge is 0.481 e. The van der Waals surface area contributed by atoms with Gasteiger partial charge in [0.25, 0.3) is 5.97 Å². The molecule has 1 aliphatic rings. The number of thioether (sulfide) groups is 2. The van der Waals surface area contributed by atoms with Crippen LogP contribution in [0, 0.1) is 12.7 Å². The summed E-state index contributed by atoms with van der Waals surface area (Å²) in [6.07, 6.45) is -3.92. The highest BCUT2D eigenvalue weighted by Gasteiger charge is 2.32. The second-order valence-electron chi connectivity index (χ2n) is 6.96. The Bertz CT molecular complexity index is 968. The summed E-state index contributed by atoms with van der Waals surface area (Å²) in [5.74, 6) is 0.0254. The van der Waals surface area contributed by atoms with Crippen LogP contribution in [0.4, 0.5) is 23.2 Å². The molecule has 35 heavy (non-hydrogen) atoms. The molecular weight excluding hydrogens is 504 g/mol. The third-order valence-corrected chi connectivity index (χ3v) is 6.57. The number of aliphatic carboxylic acids is 1. The predicted octanol–water partition coefficient (Wildman–Crippen LogP) is 7.26. The van der Waals surface area contributed by atoms with Crippen LogP contribution in [0.1, 0.15) is 32.8 Å². The number of rotatable bonds is 8. The molecule has 0 spiro atoms. The lowest BCUT2D eigenvalue weighted by atomic mass is 10.2. The molecule has 0 aliphatic carbocycles. The van der Waals surface area contributed by atoms with Crippen LogP contribution in [0.3, 0.4) is 0 Å². The number of para-hydroxylation sites is 1. The third-order valence-electron chi connectivity index (χ3n) is 4.19. The molecule has 1 heterocycles. The van der Waals surface area contributed by atoms with Crippen LogP contribution in [0.25, 0.3) is 0 Å². The summed E-state index contributed by atoms with van der Waals surface area (Å²) in [5, 5.41) is 11.6. The third kappa shape index (κ3) is 12.7. The molecule has 2 aromatic carbocycles. The topological polar surface area (TPSA) is 70.9 Å². The van der Waals surface area contributed by atoms with Crippen molar-refractivity contribution in [3.05, 3.63) is 53.8 Å². The van der Waals surface area contributed by atoms with Gasteiger partial charge in [-0.25, -0.2) is 4.39 Å². The van der Waals surface area contributed by atoms with Crippen LogP contribution in [0.5, 0.6) is 5.75 Å². The second kappa shape index (κ2) is 15.6. The molecule has 1 atom stereocenters. The van der Waals surface area contributed by atoms with Crippen molar-refractivity contribution in [1.82, 2.24) is 0 Å². The number of aliphatic imine (C=N–C) groups is 1. The van der Waals surface area contributed by atoms with Crippen molar-refractivity contribution in [2.45, 2.75) is 51.4 Å². The zero-order valence-electron chi connectivity index (χ0n) is 20.0. The largest absolute Gasteiger partial charge is 0.573 e. The maximum Gasteiger partial charge on any atom is 0.573 e. The van der Waals surface area contributed by atoms with E-state index in [1.807, 2.05) is 20.8 Å². The lowest BCUT2D eigenvalue weighted by Crippen LogP contribution is -2.17. The molecule has 0 saturated carbocycles. The van der Waals surface area contributed by atoms with Crippen molar-refractivity contribution in [1.29, 1.82) is 0 Å². The van der Waals surface area contributed by atoms with E-state index in [1.165, 1.54) is 36.0 Å². The van der Waals surface area contributed by atoms with Gasteiger partial charge in [0.2, 0.25) is 0 Å². The van der Waals surface area contributed by atoms with E-state index in [2.05, 4.69) is 15.0 Å². The lowest BCUT2D eigenvalue weighted by molar-refractivity contribution is -0.275. The maximum absolute atomic E-state index is 13.3.